The molecule has 1 aromatic heterocycles. The predicted molar refractivity (Wildman–Crippen MR) is 118 cm³/mol. The van der Waals surface area contributed by atoms with Gasteiger partial charge in [0.25, 0.3) is 5.91 Å². The van der Waals surface area contributed by atoms with Gasteiger partial charge in [0, 0.05) is 43.7 Å². The van der Waals surface area contributed by atoms with Gasteiger partial charge in [-0.2, -0.15) is 0 Å². The molecule has 0 radical (unpaired) electrons. The molecule has 0 bridgehead atoms. The minimum absolute atomic E-state index is 0.0799. The van der Waals surface area contributed by atoms with E-state index >= 15 is 0 Å². The van der Waals surface area contributed by atoms with Crippen molar-refractivity contribution in [1.82, 2.24) is 10.3 Å². The summed E-state index contributed by atoms with van der Waals surface area (Å²) in [6.07, 6.45) is 5.88. The molecule has 5 nitrogen and oxygen atoms in total. The number of benzene rings is 2. The summed E-state index contributed by atoms with van der Waals surface area (Å²) in [5.41, 5.74) is 4.60. The Bertz CT molecular complexity index is 1010. The molecule has 1 saturated carbocycles. The summed E-state index contributed by atoms with van der Waals surface area (Å²) in [5.74, 6) is 0.611. The zero-order valence-electron chi connectivity index (χ0n) is 17.0. The second-order valence-electron chi connectivity index (χ2n) is 7.74. The zero-order valence-corrected chi connectivity index (χ0v) is 17.0. The molecule has 1 aliphatic rings. The quantitative estimate of drug-likeness (QED) is 0.639. The molecule has 0 spiro atoms. The summed E-state index contributed by atoms with van der Waals surface area (Å²) < 4.78 is 0. The smallest absolute Gasteiger partial charge is 0.251 e. The van der Waals surface area contributed by atoms with Gasteiger partial charge in [-0.25, -0.2) is 0 Å². The van der Waals surface area contributed by atoms with Crippen molar-refractivity contribution >= 4 is 17.5 Å². The van der Waals surface area contributed by atoms with E-state index in [0.29, 0.717) is 18.0 Å². The highest BCUT2D eigenvalue weighted by Crippen LogP contribution is 2.32. The number of hydrogen-bond donors (Lipinski definition) is 1. The first-order valence-electron chi connectivity index (χ1n) is 10.3. The van der Waals surface area contributed by atoms with Crippen molar-refractivity contribution < 1.29 is 9.59 Å². The molecule has 1 N–H and O–H groups in total. The van der Waals surface area contributed by atoms with E-state index in [2.05, 4.69) is 10.3 Å². The number of rotatable bonds is 7. The summed E-state index contributed by atoms with van der Waals surface area (Å²) >= 11 is 0. The van der Waals surface area contributed by atoms with Crippen LogP contribution in [0.4, 0.5) is 5.69 Å². The summed E-state index contributed by atoms with van der Waals surface area (Å²) in [5, 5.41) is 2.91. The maximum atomic E-state index is 12.4. The molecule has 0 atom stereocenters. The van der Waals surface area contributed by atoms with Crippen LogP contribution in [0.1, 0.15) is 35.7 Å². The minimum Gasteiger partial charge on any atom is -0.348 e. The molecular formula is C25H25N3O2. The number of carbonyl (C=O) groups excluding carboxylic acids is 2. The lowest BCUT2D eigenvalue weighted by Crippen LogP contribution is -2.30. The van der Waals surface area contributed by atoms with E-state index in [1.165, 1.54) is 12.8 Å². The fraction of sp³-hybridized carbons (Fsp3) is 0.240. The van der Waals surface area contributed by atoms with Crippen LogP contribution in [0.2, 0.25) is 0 Å². The van der Waals surface area contributed by atoms with Crippen molar-refractivity contribution in [2.75, 3.05) is 11.4 Å². The number of aromatic nitrogens is 1. The van der Waals surface area contributed by atoms with E-state index in [9.17, 15) is 9.59 Å². The average Bonchev–Trinajstić information content (AvgIpc) is 3.61. The molecular weight excluding hydrogens is 374 g/mol. The van der Waals surface area contributed by atoms with Crippen molar-refractivity contribution in [3.05, 3.63) is 84.2 Å². The van der Waals surface area contributed by atoms with E-state index in [0.717, 1.165) is 28.9 Å². The highest BCUT2D eigenvalue weighted by molar-refractivity contribution is 5.95. The standard InChI is InChI=1S/C25H25N3O2/c1-18(29)28(17-19-4-5-19)24-12-10-22(11-13-24)21-6-8-23(9-7-21)25(30)27-16-20-3-2-14-26-15-20/h2-3,6-15,19H,4-5,16-17H2,1H3,(H,27,30). The van der Waals surface area contributed by atoms with Gasteiger partial charge in [0.15, 0.2) is 0 Å². The fourth-order valence-electron chi connectivity index (χ4n) is 3.41. The minimum atomic E-state index is -0.113. The zero-order chi connectivity index (χ0) is 20.9. The number of nitrogens with zero attached hydrogens (tertiary/aromatic N) is 2. The molecule has 1 fully saturated rings. The van der Waals surface area contributed by atoms with Gasteiger partial charge in [-0.3, -0.25) is 14.6 Å². The lowest BCUT2D eigenvalue weighted by molar-refractivity contribution is -0.116. The van der Waals surface area contributed by atoms with Crippen LogP contribution in [-0.4, -0.2) is 23.3 Å². The normalized spacial score (nSPS) is 13.0. The van der Waals surface area contributed by atoms with Crippen LogP contribution in [0.5, 0.6) is 0 Å². The Morgan fingerprint density at radius 3 is 2.23 bits per heavy atom. The molecule has 1 aliphatic carbocycles. The first-order chi connectivity index (χ1) is 14.6. The van der Waals surface area contributed by atoms with Gasteiger partial charge in [-0.1, -0.05) is 30.3 Å². The van der Waals surface area contributed by atoms with Crippen LogP contribution >= 0.6 is 0 Å². The number of nitrogens with one attached hydrogen (secondary N) is 1. The van der Waals surface area contributed by atoms with Crippen molar-refractivity contribution in [1.29, 1.82) is 0 Å². The lowest BCUT2D eigenvalue weighted by atomic mass is 10.0. The van der Waals surface area contributed by atoms with Gasteiger partial charge in [0.1, 0.15) is 0 Å². The maximum Gasteiger partial charge on any atom is 0.251 e. The van der Waals surface area contributed by atoms with Crippen molar-refractivity contribution in [3.8, 4) is 11.1 Å². The van der Waals surface area contributed by atoms with Crippen molar-refractivity contribution in [3.63, 3.8) is 0 Å². The fourth-order valence-corrected chi connectivity index (χ4v) is 3.41. The van der Waals surface area contributed by atoms with Crippen LogP contribution in [0.15, 0.2) is 73.1 Å². The van der Waals surface area contributed by atoms with E-state index in [-0.39, 0.29) is 11.8 Å². The molecule has 3 aromatic rings. The van der Waals surface area contributed by atoms with Crippen molar-refractivity contribution in [2.45, 2.75) is 26.3 Å². The van der Waals surface area contributed by atoms with Crippen LogP contribution in [0, 0.1) is 5.92 Å². The molecule has 30 heavy (non-hydrogen) atoms. The van der Waals surface area contributed by atoms with Gasteiger partial charge < -0.3 is 10.2 Å². The highest BCUT2D eigenvalue weighted by Gasteiger charge is 2.26. The third-order valence-corrected chi connectivity index (χ3v) is 5.35. The van der Waals surface area contributed by atoms with E-state index < -0.39 is 0 Å². The molecule has 0 saturated heterocycles. The number of pyridine rings is 1. The van der Waals surface area contributed by atoms with Crippen molar-refractivity contribution in [2.24, 2.45) is 5.92 Å². The Morgan fingerprint density at radius 2 is 1.67 bits per heavy atom. The van der Waals surface area contributed by atoms with E-state index in [4.69, 9.17) is 0 Å². The van der Waals surface area contributed by atoms with Gasteiger partial charge >= 0.3 is 0 Å². The number of hydrogen-bond acceptors (Lipinski definition) is 3. The summed E-state index contributed by atoms with van der Waals surface area (Å²) in [7, 11) is 0. The summed E-state index contributed by atoms with van der Waals surface area (Å²) in [6, 6.07) is 19.4. The largest absolute Gasteiger partial charge is 0.348 e. The SMILES string of the molecule is CC(=O)N(CC1CC1)c1ccc(-c2ccc(C(=O)NCc3cccnc3)cc2)cc1. The van der Waals surface area contributed by atoms with Gasteiger partial charge in [-0.15, -0.1) is 0 Å². The molecule has 152 valence electrons. The second-order valence-corrected chi connectivity index (χ2v) is 7.74. The summed E-state index contributed by atoms with van der Waals surface area (Å²) in [6.45, 7) is 2.87. The van der Waals surface area contributed by atoms with Gasteiger partial charge in [0.05, 0.1) is 0 Å². The summed E-state index contributed by atoms with van der Waals surface area (Å²) in [4.78, 5) is 30.3. The maximum absolute atomic E-state index is 12.4. The Hall–Kier alpha value is -3.47. The molecule has 0 unspecified atom stereocenters. The molecule has 1 heterocycles. The first kappa shape index (κ1) is 19.8. The Labute approximate surface area is 176 Å². The highest BCUT2D eigenvalue weighted by atomic mass is 16.2. The molecule has 5 heteroatoms. The third kappa shape index (κ3) is 4.92. The van der Waals surface area contributed by atoms with Crippen LogP contribution in [0.25, 0.3) is 11.1 Å². The first-order valence-corrected chi connectivity index (χ1v) is 10.3. The number of amides is 2. The Kier molecular flexibility index (Phi) is 5.89. The van der Waals surface area contributed by atoms with Crippen LogP contribution in [0.3, 0.4) is 0 Å². The van der Waals surface area contributed by atoms with Gasteiger partial charge in [0.2, 0.25) is 5.91 Å². The molecule has 0 aliphatic heterocycles. The third-order valence-electron chi connectivity index (χ3n) is 5.35. The Morgan fingerprint density at radius 1 is 1.00 bits per heavy atom. The van der Waals surface area contributed by atoms with E-state index in [1.54, 1.807) is 19.3 Å². The molecule has 4 rings (SSSR count). The number of anilines is 1. The van der Waals surface area contributed by atoms with Crippen LogP contribution in [-0.2, 0) is 11.3 Å². The second kappa shape index (κ2) is 8.91. The monoisotopic (exact) mass is 399 g/mol. The molecule has 2 amide bonds. The average molecular weight is 399 g/mol. The van der Waals surface area contributed by atoms with Crippen LogP contribution < -0.4 is 10.2 Å². The predicted octanol–water partition coefficient (Wildman–Crippen LogP) is 4.44. The lowest BCUT2D eigenvalue weighted by Gasteiger charge is -2.21. The molecule has 2 aromatic carbocycles. The van der Waals surface area contributed by atoms with E-state index in [1.807, 2.05) is 65.6 Å². The Balaban J connectivity index is 1.40. The number of carbonyl (C=O) groups is 2. The van der Waals surface area contributed by atoms with Gasteiger partial charge in [-0.05, 0) is 65.8 Å². The topological polar surface area (TPSA) is 62.3 Å².